The van der Waals surface area contributed by atoms with Crippen LogP contribution in [0.25, 0.3) is 0 Å². The van der Waals surface area contributed by atoms with Crippen molar-refractivity contribution in [1.29, 1.82) is 0 Å². The molecule has 3 fully saturated rings. The summed E-state index contributed by atoms with van der Waals surface area (Å²) in [5.41, 5.74) is -1.18. The van der Waals surface area contributed by atoms with E-state index >= 15 is 0 Å². The van der Waals surface area contributed by atoms with E-state index < -0.39 is 52.6 Å². The van der Waals surface area contributed by atoms with Gasteiger partial charge in [-0.2, -0.15) is 0 Å². The van der Waals surface area contributed by atoms with Gasteiger partial charge in [0.25, 0.3) is 0 Å². The van der Waals surface area contributed by atoms with E-state index in [1.165, 1.54) is 19.1 Å². The Kier molecular flexibility index (Phi) is 14.0. The van der Waals surface area contributed by atoms with Crippen molar-refractivity contribution >= 4 is 29.1 Å². The first-order chi connectivity index (χ1) is 26.3. The van der Waals surface area contributed by atoms with Crippen LogP contribution in [0.1, 0.15) is 36.8 Å². The third kappa shape index (κ3) is 10.6. The molecule has 1 atom stereocenters. The smallest absolute Gasteiger partial charge is 0.414 e. The lowest BCUT2D eigenvalue weighted by Gasteiger charge is -2.39. The SMILES string of the molecule is COCC1(O)CCN(c2c(F)cc(CC(=O)OCc3ccccc3)cc2F)CC1.COCC1(O)CCN(c2c(F)cc(N3C[C@H](CO)OC3=O)cc2F)CC1. The third-order valence-electron chi connectivity index (χ3n) is 9.91. The molecule has 0 bridgehead atoms. The summed E-state index contributed by atoms with van der Waals surface area (Å²) in [6, 6.07) is 13.7. The number of aliphatic hydroxyl groups is 3. The topological polar surface area (TPSA) is 141 Å². The molecule has 0 spiro atoms. The van der Waals surface area contributed by atoms with Crippen LogP contribution in [0.2, 0.25) is 0 Å². The van der Waals surface area contributed by atoms with Crippen LogP contribution in [0, 0.1) is 23.3 Å². The summed E-state index contributed by atoms with van der Waals surface area (Å²) in [4.78, 5) is 28.0. The standard InChI is InChI=1S/C22H25F2NO4.C17H22F2N2O5/c1-28-15-22(27)7-9-25(10-8-22)21-18(23)11-17(12-19(21)24)13-20(26)29-14-16-5-3-2-4-6-16;1-25-10-17(24)2-4-20(5-3-17)15-13(18)6-11(7-14(15)19)21-8-12(9-22)26-16(21)23/h2-6,11-12,27H,7-10,13-15H2,1H3;6-7,12,22,24H,2-5,8-10H2,1H3/t;12-/m.1/s1. The van der Waals surface area contributed by atoms with Gasteiger partial charge in [-0.25, -0.2) is 22.4 Å². The minimum atomic E-state index is -0.989. The number of esters is 1. The van der Waals surface area contributed by atoms with E-state index in [1.807, 2.05) is 30.3 Å². The Labute approximate surface area is 316 Å². The number of hydrogen-bond acceptors (Lipinski definition) is 11. The summed E-state index contributed by atoms with van der Waals surface area (Å²) in [6.45, 7) is 1.34. The largest absolute Gasteiger partial charge is 0.461 e. The molecule has 3 aromatic rings. The van der Waals surface area contributed by atoms with Crippen molar-refractivity contribution in [3.05, 3.63) is 89.0 Å². The summed E-state index contributed by atoms with van der Waals surface area (Å²) >= 11 is 0. The van der Waals surface area contributed by atoms with E-state index in [0.29, 0.717) is 38.8 Å². The highest BCUT2D eigenvalue weighted by molar-refractivity contribution is 5.90. The number of rotatable bonds is 12. The Hall–Kier alpha value is -4.48. The second kappa shape index (κ2) is 18.4. The van der Waals surface area contributed by atoms with Gasteiger partial charge < -0.3 is 44.1 Å². The molecule has 16 heteroatoms. The molecule has 0 radical (unpaired) electrons. The number of cyclic esters (lactones) is 1. The maximum Gasteiger partial charge on any atom is 0.414 e. The Morgan fingerprint density at radius 1 is 0.782 bits per heavy atom. The van der Waals surface area contributed by atoms with Crippen molar-refractivity contribution in [3.63, 3.8) is 0 Å². The fraction of sp³-hybridized carbons (Fsp3) is 0.487. The van der Waals surface area contributed by atoms with E-state index in [1.54, 1.807) is 4.90 Å². The Balaban J connectivity index is 0.000000212. The average Bonchev–Trinajstić information content (AvgIpc) is 3.53. The number of benzene rings is 3. The van der Waals surface area contributed by atoms with E-state index in [2.05, 4.69) is 0 Å². The number of carbonyl (C=O) groups excluding carboxylic acids is 2. The molecule has 0 aliphatic carbocycles. The highest BCUT2D eigenvalue weighted by Gasteiger charge is 2.37. The van der Waals surface area contributed by atoms with Gasteiger partial charge in [0, 0.05) is 52.5 Å². The monoisotopic (exact) mass is 777 g/mol. The number of methoxy groups -OCH3 is 2. The number of anilines is 3. The van der Waals surface area contributed by atoms with Gasteiger partial charge in [0.05, 0.1) is 49.7 Å². The van der Waals surface area contributed by atoms with Crippen LogP contribution < -0.4 is 14.7 Å². The molecule has 3 aliphatic heterocycles. The van der Waals surface area contributed by atoms with Gasteiger partial charge in [0.1, 0.15) is 35.7 Å². The van der Waals surface area contributed by atoms with Crippen molar-refractivity contribution < 1.29 is 61.4 Å². The molecule has 300 valence electrons. The lowest BCUT2D eigenvalue weighted by molar-refractivity contribution is -0.144. The lowest BCUT2D eigenvalue weighted by atomic mass is 9.92. The van der Waals surface area contributed by atoms with Crippen molar-refractivity contribution in [2.24, 2.45) is 0 Å². The average molecular weight is 778 g/mol. The molecular weight excluding hydrogens is 730 g/mol. The molecule has 3 N–H and O–H groups in total. The molecule has 0 aromatic heterocycles. The van der Waals surface area contributed by atoms with Gasteiger partial charge in [-0.05, 0) is 48.9 Å². The van der Waals surface area contributed by atoms with Crippen LogP contribution in [0.15, 0.2) is 54.6 Å². The summed E-state index contributed by atoms with van der Waals surface area (Å²) in [5, 5.41) is 29.7. The predicted octanol–water partition coefficient (Wildman–Crippen LogP) is 4.49. The molecular formula is C39H47F4N3O9. The number of hydrogen-bond donors (Lipinski definition) is 3. The minimum absolute atomic E-state index is 0.0291. The van der Waals surface area contributed by atoms with Crippen LogP contribution in [0.3, 0.4) is 0 Å². The van der Waals surface area contributed by atoms with Gasteiger partial charge in [-0.1, -0.05) is 30.3 Å². The van der Waals surface area contributed by atoms with Gasteiger partial charge in [0.2, 0.25) is 0 Å². The number of halogens is 4. The Bertz CT molecular complexity index is 1720. The van der Waals surface area contributed by atoms with Crippen LogP contribution in [-0.2, 0) is 36.8 Å². The summed E-state index contributed by atoms with van der Waals surface area (Å²) in [6.07, 6.45) is -0.308. The summed E-state index contributed by atoms with van der Waals surface area (Å²) in [5.74, 6) is -3.60. The summed E-state index contributed by atoms with van der Waals surface area (Å²) < 4.78 is 78.5. The number of amides is 1. The van der Waals surface area contributed by atoms with Crippen molar-refractivity contribution in [2.45, 2.75) is 56.0 Å². The van der Waals surface area contributed by atoms with Gasteiger partial charge in [0.15, 0.2) is 11.6 Å². The lowest BCUT2D eigenvalue weighted by Crippen LogP contribution is -2.47. The zero-order chi connectivity index (χ0) is 39.8. The predicted molar refractivity (Wildman–Crippen MR) is 194 cm³/mol. The highest BCUT2D eigenvalue weighted by Crippen LogP contribution is 2.35. The zero-order valence-electron chi connectivity index (χ0n) is 30.8. The van der Waals surface area contributed by atoms with Crippen LogP contribution >= 0.6 is 0 Å². The molecule has 3 aromatic carbocycles. The highest BCUT2D eigenvalue weighted by atomic mass is 19.1. The number of carbonyl (C=O) groups is 2. The molecule has 6 rings (SSSR count). The molecule has 12 nitrogen and oxygen atoms in total. The summed E-state index contributed by atoms with van der Waals surface area (Å²) in [7, 11) is 3.00. The Morgan fingerprint density at radius 2 is 1.25 bits per heavy atom. The Morgan fingerprint density at radius 3 is 1.69 bits per heavy atom. The van der Waals surface area contributed by atoms with Crippen LogP contribution in [-0.4, -0.2) is 111 Å². The minimum Gasteiger partial charge on any atom is -0.461 e. The maximum absolute atomic E-state index is 14.6. The molecule has 0 saturated carbocycles. The first kappa shape index (κ1) is 41.7. The molecule has 3 aliphatic rings. The normalized spacial score (nSPS) is 19.1. The zero-order valence-corrected chi connectivity index (χ0v) is 30.8. The molecule has 0 unspecified atom stereocenters. The first-order valence-corrected chi connectivity index (χ1v) is 17.9. The maximum atomic E-state index is 14.6. The van der Waals surface area contributed by atoms with Crippen molar-refractivity contribution in [3.8, 4) is 0 Å². The van der Waals surface area contributed by atoms with Crippen LogP contribution in [0.4, 0.5) is 39.4 Å². The fourth-order valence-electron chi connectivity index (χ4n) is 6.93. The van der Waals surface area contributed by atoms with Crippen molar-refractivity contribution in [2.75, 3.05) is 81.5 Å². The second-order valence-corrected chi connectivity index (χ2v) is 14.1. The fourth-order valence-corrected chi connectivity index (χ4v) is 6.93. The number of aliphatic hydroxyl groups excluding tert-OH is 1. The van der Waals surface area contributed by atoms with Gasteiger partial charge in [-0.3, -0.25) is 9.69 Å². The van der Waals surface area contributed by atoms with Gasteiger partial charge in [-0.15, -0.1) is 0 Å². The van der Waals surface area contributed by atoms with E-state index in [-0.39, 0.29) is 75.1 Å². The van der Waals surface area contributed by atoms with Crippen molar-refractivity contribution in [1.82, 2.24) is 0 Å². The second-order valence-electron chi connectivity index (χ2n) is 14.1. The molecule has 3 heterocycles. The molecule has 3 saturated heterocycles. The quantitative estimate of drug-likeness (QED) is 0.177. The van der Waals surface area contributed by atoms with E-state index in [0.717, 1.165) is 34.7 Å². The molecule has 55 heavy (non-hydrogen) atoms. The molecule has 1 amide bonds. The van der Waals surface area contributed by atoms with Gasteiger partial charge >= 0.3 is 12.1 Å². The number of ether oxygens (including phenoxy) is 4. The van der Waals surface area contributed by atoms with E-state index in [9.17, 15) is 37.4 Å². The van der Waals surface area contributed by atoms with E-state index in [4.69, 9.17) is 24.1 Å². The van der Waals surface area contributed by atoms with Crippen LogP contribution in [0.5, 0.6) is 0 Å². The number of piperidine rings is 2. The number of nitrogens with zero attached hydrogens (tertiary/aromatic N) is 3. The third-order valence-corrected chi connectivity index (χ3v) is 9.91. The first-order valence-electron chi connectivity index (χ1n) is 17.9.